The highest BCUT2D eigenvalue weighted by molar-refractivity contribution is 7.95. The number of halogens is 1. The van der Waals surface area contributed by atoms with Crippen molar-refractivity contribution in [1.29, 1.82) is 0 Å². The van der Waals surface area contributed by atoms with Crippen molar-refractivity contribution in [3.63, 3.8) is 0 Å². The Hall–Kier alpha value is -2.19. The number of hydrogen-bond acceptors (Lipinski definition) is 4. The van der Waals surface area contributed by atoms with Crippen LogP contribution in [0.15, 0.2) is 64.9 Å². The minimum absolute atomic E-state index is 0.104. The van der Waals surface area contributed by atoms with Crippen molar-refractivity contribution in [3.8, 4) is 0 Å². The monoisotopic (exact) mass is 381 g/mol. The normalized spacial score (nSPS) is 19.0. The molecule has 0 aliphatic carbocycles. The molecule has 1 atom stereocenters. The molecule has 0 fully saturated rings. The van der Waals surface area contributed by atoms with E-state index in [0.29, 0.717) is 5.69 Å². The molecule has 25 heavy (non-hydrogen) atoms. The van der Waals surface area contributed by atoms with Gasteiger partial charge in [-0.15, -0.1) is 0 Å². The number of nitrogens with zero attached hydrogens (tertiary/aromatic N) is 1. The van der Waals surface area contributed by atoms with Crippen molar-refractivity contribution in [2.75, 3.05) is 10.1 Å². The first-order valence-electron chi connectivity index (χ1n) is 7.47. The Kier molecular flexibility index (Phi) is 4.42. The molecule has 1 heterocycles. The molecule has 0 amide bonds. The largest absolute Gasteiger partial charge is 0.264 e. The van der Waals surface area contributed by atoms with Crippen molar-refractivity contribution in [2.24, 2.45) is 0 Å². The molecular formula is C17H16FNO4S2. The average molecular weight is 381 g/mol. The Morgan fingerprint density at radius 3 is 2.16 bits per heavy atom. The molecule has 2 aromatic rings. The standard InChI is InChI=1S/C17H16FNO4S2/c1-13-2-6-15(7-3-13)19(16-10-11-24(20,21)12-16)25(22,23)17-8-4-14(18)5-9-17/h2-11,16H,12H2,1H3/t16-/m0/s1. The number of hydrogen-bond donors (Lipinski definition) is 0. The van der Waals surface area contributed by atoms with Crippen LogP contribution in [0, 0.1) is 12.7 Å². The SMILES string of the molecule is Cc1ccc(N([C@H]2C=CS(=O)(=O)C2)S(=O)(=O)c2ccc(F)cc2)cc1. The highest BCUT2D eigenvalue weighted by Gasteiger charge is 2.35. The molecule has 0 radical (unpaired) electrons. The summed E-state index contributed by atoms with van der Waals surface area (Å²) in [5.41, 5.74) is 1.29. The Morgan fingerprint density at radius 1 is 1.04 bits per heavy atom. The van der Waals surface area contributed by atoms with Crippen LogP contribution in [0.1, 0.15) is 5.56 Å². The first-order chi connectivity index (χ1) is 11.7. The molecule has 0 N–H and O–H groups in total. The summed E-state index contributed by atoms with van der Waals surface area (Å²) in [5.74, 6) is -0.884. The van der Waals surface area contributed by atoms with Gasteiger partial charge in [-0.05, 0) is 49.4 Å². The Bertz CT molecular complexity index is 1010. The fourth-order valence-corrected chi connectivity index (χ4v) is 5.60. The van der Waals surface area contributed by atoms with Crippen LogP contribution in [-0.4, -0.2) is 28.6 Å². The molecule has 5 nitrogen and oxygen atoms in total. The van der Waals surface area contributed by atoms with Crippen LogP contribution < -0.4 is 4.31 Å². The van der Waals surface area contributed by atoms with Crippen molar-refractivity contribution >= 4 is 25.5 Å². The van der Waals surface area contributed by atoms with E-state index in [1.165, 1.54) is 18.2 Å². The third-order valence-corrected chi connectivity index (χ3v) is 7.12. The van der Waals surface area contributed by atoms with Crippen LogP contribution in [-0.2, 0) is 19.9 Å². The topological polar surface area (TPSA) is 71.5 Å². The number of aryl methyl sites for hydroxylation is 1. The van der Waals surface area contributed by atoms with Gasteiger partial charge in [0.1, 0.15) is 5.82 Å². The summed E-state index contributed by atoms with van der Waals surface area (Å²) >= 11 is 0. The number of rotatable bonds is 4. The van der Waals surface area contributed by atoms with Gasteiger partial charge >= 0.3 is 0 Å². The fraction of sp³-hybridized carbons (Fsp3) is 0.176. The van der Waals surface area contributed by atoms with Gasteiger partial charge < -0.3 is 0 Å². The van der Waals surface area contributed by atoms with Crippen molar-refractivity contribution in [3.05, 3.63) is 71.4 Å². The predicted molar refractivity (Wildman–Crippen MR) is 94.0 cm³/mol. The Labute approximate surface area is 146 Å². The van der Waals surface area contributed by atoms with Gasteiger partial charge in [-0.3, -0.25) is 4.31 Å². The molecule has 132 valence electrons. The molecule has 3 rings (SSSR count). The van der Waals surface area contributed by atoms with Gasteiger partial charge in [-0.2, -0.15) is 0 Å². The molecule has 0 saturated heterocycles. The Morgan fingerprint density at radius 2 is 1.64 bits per heavy atom. The first kappa shape index (κ1) is 17.6. The summed E-state index contributed by atoms with van der Waals surface area (Å²) in [6.45, 7) is 1.86. The van der Waals surface area contributed by atoms with Gasteiger partial charge in [0.2, 0.25) is 0 Å². The van der Waals surface area contributed by atoms with E-state index in [9.17, 15) is 21.2 Å². The molecule has 0 aromatic heterocycles. The van der Waals surface area contributed by atoms with Crippen molar-refractivity contribution in [1.82, 2.24) is 0 Å². The van der Waals surface area contributed by atoms with Crippen LogP contribution >= 0.6 is 0 Å². The minimum atomic E-state index is -4.07. The lowest BCUT2D eigenvalue weighted by molar-refractivity contribution is 0.585. The maximum Gasteiger partial charge on any atom is 0.264 e. The summed E-state index contributed by atoms with van der Waals surface area (Å²) in [5, 5.41) is 1.03. The second-order valence-electron chi connectivity index (χ2n) is 5.82. The summed E-state index contributed by atoms with van der Waals surface area (Å²) in [6, 6.07) is 10.3. The van der Waals surface area contributed by atoms with Crippen molar-refractivity contribution in [2.45, 2.75) is 17.9 Å². The van der Waals surface area contributed by atoms with E-state index >= 15 is 0 Å². The van der Waals surface area contributed by atoms with E-state index in [1.54, 1.807) is 24.3 Å². The van der Waals surface area contributed by atoms with Gasteiger partial charge in [-0.25, -0.2) is 21.2 Å². The summed E-state index contributed by atoms with van der Waals surface area (Å²) in [4.78, 5) is -0.104. The molecule has 0 bridgehead atoms. The third kappa shape index (κ3) is 3.59. The predicted octanol–water partition coefficient (Wildman–Crippen LogP) is 2.64. The molecule has 0 unspecified atom stereocenters. The van der Waals surface area contributed by atoms with Gasteiger partial charge in [0.15, 0.2) is 9.84 Å². The van der Waals surface area contributed by atoms with Crippen LogP contribution in [0.5, 0.6) is 0 Å². The molecule has 0 saturated carbocycles. The van der Waals surface area contributed by atoms with E-state index in [-0.39, 0.29) is 10.6 Å². The smallest absolute Gasteiger partial charge is 0.258 e. The summed E-state index contributed by atoms with van der Waals surface area (Å²) < 4.78 is 64.0. The quantitative estimate of drug-likeness (QED) is 0.816. The molecule has 1 aliphatic heterocycles. The van der Waals surface area contributed by atoms with E-state index in [4.69, 9.17) is 0 Å². The summed E-state index contributed by atoms with van der Waals surface area (Å²) in [6.07, 6.45) is 1.36. The van der Waals surface area contributed by atoms with E-state index < -0.39 is 31.7 Å². The maximum atomic E-state index is 13.1. The van der Waals surface area contributed by atoms with Crippen LogP contribution in [0.2, 0.25) is 0 Å². The van der Waals surface area contributed by atoms with Crippen molar-refractivity contribution < 1.29 is 21.2 Å². The van der Waals surface area contributed by atoms with Gasteiger partial charge in [0, 0.05) is 5.41 Å². The van der Waals surface area contributed by atoms with Crippen LogP contribution in [0.3, 0.4) is 0 Å². The molecule has 0 spiro atoms. The first-order valence-corrected chi connectivity index (χ1v) is 10.6. The number of anilines is 1. The average Bonchev–Trinajstić information content (AvgIpc) is 2.89. The zero-order valence-corrected chi connectivity index (χ0v) is 15.0. The van der Waals surface area contributed by atoms with E-state index in [2.05, 4.69) is 0 Å². The fourth-order valence-electron chi connectivity index (χ4n) is 2.63. The third-order valence-electron chi connectivity index (χ3n) is 3.87. The lowest BCUT2D eigenvalue weighted by Gasteiger charge is -2.29. The lowest BCUT2D eigenvalue weighted by Crippen LogP contribution is -2.41. The highest BCUT2D eigenvalue weighted by atomic mass is 32.2. The summed E-state index contributed by atoms with van der Waals surface area (Å²) in [7, 11) is -7.52. The van der Waals surface area contributed by atoms with E-state index in [1.807, 2.05) is 6.92 Å². The Balaban J connectivity index is 2.12. The molecule has 2 aromatic carbocycles. The van der Waals surface area contributed by atoms with Crippen LogP contribution in [0.4, 0.5) is 10.1 Å². The van der Waals surface area contributed by atoms with Gasteiger partial charge in [0.05, 0.1) is 22.4 Å². The second kappa shape index (κ2) is 6.27. The minimum Gasteiger partial charge on any atom is -0.258 e. The molecule has 1 aliphatic rings. The zero-order chi connectivity index (χ0) is 18.2. The maximum absolute atomic E-state index is 13.1. The van der Waals surface area contributed by atoms with Gasteiger partial charge in [0.25, 0.3) is 10.0 Å². The molecular weight excluding hydrogens is 365 g/mol. The van der Waals surface area contributed by atoms with Crippen LogP contribution in [0.25, 0.3) is 0 Å². The number of sulfonamides is 1. The molecule has 8 heteroatoms. The van der Waals surface area contributed by atoms with Gasteiger partial charge in [-0.1, -0.05) is 17.7 Å². The number of benzene rings is 2. The number of sulfone groups is 1. The highest BCUT2D eigenvalue weighted by Crippen LogP contribution is 2.30. The van der Waals surface area contributed by atoms with E-state index in [0.717, 1.165) is 27.4 Å². The second-order valence-corrected chi connectivity index (χ2v) is 9.56. The zero-order valence-electron chi connectivity index (χ0n) is 13.3. The lowest BCUT2D eigenvalue weighted by atomic mass is 10.2.